The van der Waals surface area contributed by atoms with Crippen LogP contribution in [-0.4, -0.2) is 4.46 Å². The summed E-state index contributed by atoms with van der Waals surface area (Å²) in [4.78, 5) is 0. The van der Waals surface area contributed by atoms with Crippen LogP contribution in [0.1, 0.15) is 20.3 Å². The molecular weight excluding hydrogens is 366 g/mol. The average Bonchev–Trinajstić information content (AvgIpc) is 1.60. The van der Waals surface area contributed by atoms with Gasteiger partial charge >= 0.3 is 0 Å². The Balaban J connectivity index is 0. The van der Waals surface area contributed by atoms with Crippen LogP contribution in [0, 0.1) is 12.0 Å². The zero-order chi connectivity index (χ0) is 8.36. The van der Waals surface area contributed by atoms with Crippen molar-refractivity contribution in [2.45, 2.75) is 24.7 Å². The number of halogens is 2. The van der Waals surface area contributed by atoms with E-state index in [9.17, 15) is 0 Å². The summed E-state index contributed by atoms with van der Waals surface area (Å²) in [6.45, 7) is 3.76. The zero-order valence-corrected chi connectivity index (χ0v) is 10.3. The minimum atomic E-state index is -1.15. The van der Waals surface area contributed by atoms with Crippen LogP contribution >= 0.6 is 23.2 Å². The summed E-state index contributed by atoms with van der Waals surface area (Å²) in [6.07, 6.45) is 0.485. The Bertz CT molecular complexity index is 103. The van der Waals surface area contributed by atoms with E-state index in [0.29, 0.717) is 6.42 Å². The number of hydrogen-bond donors (Lipinski definition) is 2. The van der Waals surface area contributed by atoms with Gasteiger partial charge in [0.1, 0.15) is 0 Å². The third-order valence-electron chi connectivity index (χ3n) is 1.36. The minimum Gasteiger partial charge on any atom is -0.480 e. The van der Waals surface area contributed by atoms with Crippen LogP contribution in [0.4, 0.5) is 0 Å². The molecule has 0 aliphatic heterocycles. The van der Waals surface area contributed by atoms with Crippen molar-refractivity contribution in [3.8, 4) is 0 Å². The smallest absolute Gasteiger partial charge is 0.164 e. The molecule has 0 bridgehead atoms. The number of alkyl halides is 2. The third kappa shape index (κ3) is 9.10. The van der Waals surface area contributed by atoms with Crippen molar-refractivity contribution < 1.29 is 21.1 Å². The van der Waals surface area contributed by atoms with Crippen molar-refractivity contribution in [1.29, 1.82) is 0 Å². The van der Waals surface area contributed by atoms with Gasteiger partial charge in [-0.15, -0.1) is 0 Å². The SMILES string of the molecule is C[C-](N)C(C)CC(N)(Cl)Cl.[Pt]. The maximum atomic E-state index is 5.55. The molecule has 0 fully saturated rings. The molecule has 0 spiro atoms. The molecule has 2 nitrogen and oxygen atoms in total. The van der Waals surface area contributed by atoms with E-state index >= 15 is 0 Å². The molecule has 0 aromatic rings. The molecule has 0 saturated carbocycles. The average molecular weight is 379 g/mol. The predicted octanol–water partition coefficient (Wildman–Crippen LogP) is 1.61. The van der Waals surface area contributed by atoms with Crippen molar-refractivity contribution >= 4 is 23.2 Å². The number of nitrogens with two attached hydrogens (primary N) is 2. The van der Waals surface area contributed by atoms with Gasteiger partial charge in [0.05, 0.1) is 0 Å². The fourth-order valence-corrected chi connectivity index (χ4v) is 1.03. The summed E-state index contributed by atoms with van der Waals surface area (Å²) in [7, 11) is 0. The topological polar surface area (TPSA) is 52.0 Å². The largest absolute Gasteiger partial charge is 0.480 e. The van der Waals surface area contributed by atoms with Gasteiger partial charge in [0.25, 0.3) is 0 Å². The second-order valence-corrected chi connectivity index (χ2v) is 4.15. The third-order valence-corrected chi connectivity index (χ3v) is 1.66. The van der Waals surface area contributed by atoms with Crippen molar-refractivity contribution in [1.82, 2.24) is 0 Å². The molecule has 0 saturated heterocycles. The van der Waals surface area contributed by atoms with Gasteiger partial charge in [0.15, 0.2) is 4.46 Å². The Hall–Kier alpha value is 1.19. The van der Waals surface area contributed by atoms with E-state index in [1.165, 1.54) is 0 Å². The summed E-state index contributed by atoms with van der Waals surface area (Å²) in [5.74, 6) is 0.167. The van der Waals surface area contributed by atoms with Crippen molar-refractivity contribution in [3.05, 3.63) is 6.04 Å². The van der Waals surface area contributed by atoms with Gasteiger partial charge in [-0.2, -0.15) is 12.8 Å². The molecule has 0 aromatic heterocycles. The molecule has 0 amide bonds. The molecule has 1 atom stereocenters. The Morgan fingerprint density at radius 3 is 2.00 bits per heavy atom. The van der Waals surface area contributed by atoms with Gasteiger partial charge in [-0.1, -0.05) is 30.1 Å². The maximum Gasteiger partial charge on any atom is 0.164 e. The Morgan fingerprint density at radius 1 is 1.55 bits per heavy atom. The second kappa shape index (κ2) is 5.77. The van der Waals surface area contributed by atoms with E-state index < -0.39 is 4.46 Å². The summed E-state index contributed by atoms with van der Waals surface area (Å²) >= 11 is 11.1. The monoisotopic (exact) mass is 378 g/mol. The van der Waals surface area contributed by atoms with E-state index in [4.69, 9.17) is 34.7 Å². The fourth-order valence-electron chi connectivity index (χ4n) is 0.569. The summed E-state index contributed by atoms with van der Waals surface area (Å²) in [5.41, 5.74) is 10.8. The summed E-state index contributed by atoms with van der Waals surface area (Å²) in [6, 6.07) is 0.802. The van der Waals surface area contributed by atoms with Crippen molar-refractivity contribution in [2.24, 2.45) is 17.4 Å². The minimum absolute atomic E-state index is 0. The predicted molar refractivity (Wildman–Crippen MR) is 45.5 cm³/mol. The standard InChI is InChI=1S/C6H13Cl2N2.Pt/c1-4(5(2)9)3-6(7,8)10;/h4H,3,9-10H2,1-2H3;/q-1;. The Kier molecular flexibility index (Phi) is 7.71. The van der Waals surface area contributed by atoms with E-state index in [1.54, 1.807) is 0 Å². The van der Waals surface area contributed by atoms with Gasteiger partial charge in [0.2, 0.25) is 0 Å². The van der Waals surface area contributed by atoms with E-state index in [-0.39, 0.29) is 27.0 Å². The first-order valence-electron chi connectivity index (χ1n) is 3.08. The second-order valence-electron chi connectivity index (χ2n) is 2.61. The van der Waals surface area contributed by atoms with E-state index in [0.717, 1.165) is 6.04 Å². The van der Waals surface area contributed by atoms with Crippen LogP contribution in [0.5, 0.6) is 0 Å². The van der Waals surface area contributed by atoms with Gasteiger partial charge in [0, 0.05) is 21.1 Å². The molecule has 0 aliphatic rings. The molecule has 4 N–H and O–H groups in total. The first-order valence-corrected chi connectivity index (χ1v) is 3.84. The molecule has 0 aromatic carbocycles. The van der Waals surface area contributed by atoms with Crippen molar-refractivity contribution in [3.63, 3.8) is 0 Å². The van der Waals surface area contributed by atoms with Gasteiger partial charge in [-0.3, -0.25) is 6.04 Å². The fraction of sp³-hybridized carbons (Fsp3) is 0.833. The van der Waals surface area contributed by atoms with Crippen LogP contribution in [0.25, 0.3) is 0 Å². The molecule has 11 heavy (non-hydrogen) atoms. The van der Waals surface area contributed by atoms with Crippen LogP contribution < -0.4 is 11.5 Å². The first-order chi connectivity index (χ1) is 4.33. The molecule has 5 heteroatoms. The summed E-state index contributed by atoms with van der Waals surface area (Å²) < 4.78 is -1.15. The summed E-state index contributed by atoms with van der Waals surface area (Å²) in [5, 5.41) is 0. The van der Waals surface area contributed by atoms with Crippen molar-refractivity contribution in [2.75, 3.05) is 0 Å². The van der Waals surface area contributed by atoms with Crippen LogP contribution in [0.2, 0.25) is 0 Å². The molecule has 1 unspecified atom stereocenters. The van der Waals surface area contributed by atoms with Gasteiger partial charge in [-0.05, 0) is 6.42 Å². The molecular formula is C6H13Cl2N2Pt-. The number of hydrogen-bond acceptors (Lipinski definition) is 2. The molecule has 0 aliphatic carbocycles. The molecule has 72 valence electrons. The van der Waals surface area contributed by atoms with Crippen LogP contribution in [0.15, 0.2) is 0 Å². The van der Waals surface area contributed by atoms with E-state index in [1.807, 2.05) is 13.8 Å². The Labute approximate surface area is 92.2 Å². The van der Waals surface area contributed by atoms with E-state index in [2.05, 4.69) is 0 Å². The maximum absolute atomic E-state index is 5.55. The molecule has 0 rings (SSSR count). The number of rotatable bonds is 3. The Morgan fingerprint density at radius 2 is 1.91 bits per heavy atom. The quantitative estimate of drug-likeness (QED) is 0.445. The zero-order valence-electron chi connectivity index (χ0n) is 6.51. The van der Waals surface area contributed by atoms with Crippen LogP contribution in [0.3, 0.4) is 0 Å². The van der Waals surface area contributed by atoms with Gasteiger partial charge in [-0.25, -0.2) is 0 Å². The van der Waals surface area contributed by atoms with Crippen LogP contribution in [-0.2, 0) is 21.1 Å². The normalized spacial score (nSPS) is 14.5. The molecule has 0 heterocycles. The van der Waals surface area contributed by atoms with Gasteiger partial charge < -0.3 is 11.5 Å². The first kappa shape index (κ1) is 14.7. The molecule has 0 radical (unpaired) electrons.